The van der Waals surface area contributed by atoms with Crippen LogP contribution in [0.4, 0.5) is 0 Å². The van der Waals surface area contributed by atoms with Crippen molar-refractivity contribution in [3.8, 4) is 17.3 Å². The zero-order chi connectivity index (χ0) is 9.97. The maximum absolute atomic E-state index is 8.75. The Hall–Kier alpha value is -2.08. The molecule has 1 aromatic heterocycles. The van der Waals surface area contributed by atoms with Crippen molar-refractivity contribution in [1.82, 2.24) is 9.55 Å². The van der Waals surface area contributed by atoms with E-state index in [4.69, 9.17) is 5.26 Å². The standard InChI is InChI=1S/C11H9N3/c1-14-10(8-13-11(14)7-12)9-5-3-2-4-6-9/h2-6,8H,1H3. The number of aromatic nitrogens is 2. The van der Waals surface area contributed by atoms with Crippen molar-refractivity contribution < 1.29 is 0 Å². The Bertz CT molecular complexity index is 477. The van der Waals surface area contributed by atoms with Crippen LogP contribution in [0.2, 0.25) is 0 Å². The Morgan fingerprint density at radius 2 is 2.00 bits per heavy atom. The Morgan fingerprint density at radius 1 is 1.29 bits per heavy atom. The largest absolute Gasteiger partial charge is 0.319 e. The highest BCUT2D eigenvalue weighted by atomic mass is 15.1. The molecule has 0 atom stereocenters. The second-order valence-corrected chi connectivity index (χ2v) is 3.00. The lowest BCUT2D eigenvalue weighted by Crippen LogP contribution is -1.94. The van der Waals surface area contributed by atoms with Crippen LogP contribution in [0, 0.1) is 11.3 Å². The SMILES string of the molecule is Cn1c(-c2ccccc2)cnc1C#N. The number of imidazole rings is 1. The molecule has 0 unspecified atom stereocenters. The van der Waals surface area contributed by atoms with E-state index in [-0.39, 0.29) is 0 Å². The third-order valence-corrected chi connectivity index (χ3v) is 2.16. The first-order chi connectivity index (χ1) is 6.83. The fraction of sp³-hybridized carbons (Fsp3) is 0.0909. The lowest BCUT2D eigenvalue weighted by atomic mass is 10.2. The van der Waals surface area contributed by atoms with Crippen molar-refractivity contribution in [2.24, 2.45) is 7.05 Å². The quantitative estimate of drug-likeness (QED) is 0.678. The van der Waals surface area contributed by atoms with Crippen molar-refractivity contribution >= 4 is 0 Å². The highest BCUT2D eigenvalue weighted by molar-refractivity contribution is 5.59. The summed E-state index contributed by atoms with van der Waals surface area (Å²) in [5.41, 5.74) is 2.03. The fourth-order valence-corrected chi connectivity index (χ4v) is 1.39. The highest BCUT2D eigenvalue weighted by Crippen LogP contribution is 2.18. The predicted octanol–water partition coefficient (Wildman–Crippen LogP) is 1.96. The number of rotatable bonds is 1. The molecule has 1 heterocycles. The van der Waals surface area contributed by atoms with Gasteiger partial charge in [-0.05, 0) is 5.56 Å². The van der Waals surface area contributed by atoms with E-state index in [1.807, 2.05) is 43.4 Å². The van der Waals surface area contributed by atoms with E-state index in [0.717, 1.165) is 11.3 Å². The molecule has 3 heteroatoms. The van der Waals surface area contributed by atoms with Crippen LogP contribution in [0.25, 0.3) is 11.3 Å². The van der Waals surface area contributed by atoms with Crippen LogP contribution >= 0.6 is 0 Å². The van der Waals surface area contributed by atoms with E-state index >= 15 is 0 Å². The molecule has 0 aliphatic carbocycles. The molecule has 0 fully saturated rings. The Balaban J connectivity index is 2.54. The fourth-order valence-electron chi connectivity index (χ4n) is 1.39. The Labute approximate surface area is 82.2 Å². The normalized spacial score (nSPS) is 9.71. The summed E-state index contributed by atoms with van der Waals surface area (Å²) in [6, 6.07) is 11.9. The molecule has 0 aliphatic heterocycles. The molecule has 68 valence electrons. The molecule has 0 aliphatic rings. The van der Waals surface area contributed by atoms with Gasteiger partial charge in [0.25, 0.3) is 0 Å². The van der Waals surface area contributed by atoms with Crippen LogP contribution in [0.3, 0.4) is 0 Å². The van der Waals surface area contributed by atoms with Gasteiger partial charge in [-0.1, -0.05) is 30.3 Å². The van der Waals surface area contributed by atoms with Crippen LogP contribution in [0.1, 0.15) is 5.82 Å². The Kier molecular flexibility index (Phi) is 2.04. The van der Waals surface area contributed by atoms with Crippen molar-refractivity contribution in [3.05, 3.63) is 42.4 Å². The zero-order valence-electron chi connectivity index (χ0n) is 7.81. The van der Waals surface area contributed by atoms with Crippen molar-refractivity contribution in [2.45, 2.75) is 0 Å². The average molecular weight is 183 g/mol. The van der Waals surface area contributed by atoms with E-state index in [1.165, 1.54) is 0 Å². The van der Waals surface area contributed by atoms with E-state index in [9.17, 15) is 0 Å². The molecule has 1 aromatic carbocycles. The summed E-state index contributed by atoms with van der Waals surface area (Å²) in [7, 11) is 1.84. The summed E-state index contributed by atoms with van der Waals surface area (Å²) in [5.74, 6) is 0.434. The molecular weight excluding hydrogens is 174 g/mol. The molecule has 0 radical (unpaired) electrons. The number of nitrogens with zero attached hydrogens (tertiary/aromatic N) is 3. The third kappa shape index (κ3) is 1.27. The molecular formula is C11H9N3. The van der Waals surface area contributed by atoms with Gasteiger partial charge in [0.15, 0.2) is 0 Å². The molecule has 0 amide bonds. The van der Waals surface area contributed by atoms with Gasteiger partial charge in [-0.2, -0.15) is 5.26 Å². The number of hydrogen-bond acceptors (Lipinski definition) is 2. The smallest absolute Gasteiger partial charge is 0.212 e. The lowest BCUT2D eigenvalue weighted by Gasteiger charge is -2.01. The summed E-state index contributed by atoms with van der Waals surface area (Å²) in [4.78, 5) is 4.01. The number of benzene rings is 1. The van der Waals surface area contributed by atoms with E-state index in [1.54, 1.807) is 10.8 Å². The van der Waals surface area contributed by atoms with Crippen LogP contribution in [-0.4, -0.2) is 9.55 Å². The molecule has 14 heavy (non-hydrogen) atoms. The third-order valence-electron chi connectivity index (χ3n) is 2.16. The van der Waals surface area contributed by atoms with E-state index in [2.05, 4.69) is 4.98 Å². The van der Waals surface area contributed by atoms with E-state index < -0.39 is 0 Å². The van der Waals surface area contributed by atoms with Crippen molar-refractivity contribution in [1.29, 1.82) is 5.26 Å². The summed E-state index contributed by atoms with van der Waals surface area (Å²) < 4.78 is 1.79. The predicted molar refractivity (Wildman–Crippen MR) is 53.4 cm³/mol. The van der Waals surface area contributed by atoms with Gasteiger partial charge in [0.05, 0.1) is 11.9 Å². The number of hydrogen-bond donors (Lipinski definition) is 0. The second-order valence-electron chi connectivity index (χ2n) is 3.00. The first-order valence-electron chi connectivity index (χ1n) is 4.30. The van der Waals surface area contributed by atoms with Gasteiger partial charge in [0, 0.05) is 7.05 Å². The van der Waals surface area contributed by atoms with Gasteiger partial charge in [0.2, 0.25) is 5.82 Å². The van der Waals surface area contributed by atoms with Gasteiger partial charge >= 0.3 is 0 Å². The molecule has 0 spiro atoms. The van der Waals surface area contributed by atoms with Crippen LogP contribution in [0.5, 0.6) is 0 Å². The van der Waals surface area contributed by atoms with Gasteiger partial charge < -0.3 is 4.57 Å². The first kappa shape index (κ1) is 8.52. The number of nitriles is 1. The minimum Gasteiger partial charge on any atom is -0.319 e. The van der Waals surface area contributed by atoms with Crippen molar-refractivity contribution in [2.75, 3.05) is 0 Å². The van der Waals surface area contributed by atoms with Crippen LogP contribution in [-0.2, 0) is 7.05 Å². The molecule has 3 nitrogen and oxygen atoms in total. The topological polar surface area (TPSA) is 41.6 Å². The molecule has 0 saturated carbocycles. The minimum absolute atomic E-state index is 0.434. The van der Waals surface area contributed by atoms with Gasteiger partial charge in [-0.3, -0.25) is 0 Å². The lowest BCUT2D eigenvalue weighted by molar-refractivity contribution is 0.897. The van der Waals surface area contributed by atoms with Gasteiger partial charge in [-0.25, -0.2) is 4.98 Å². The zero-order valence-corrected chi connectivity index (χ0v) is 7.81. The second kappa shape index (κ2) is 3.35. The highest BCUT2D eigenvalue weighted by Gasteiger charge is 2.06. The monoisotopic (exact) mass is 183 g/mol. The molecule has 0 saturated heterocycles. The van der Waals surface area contributed by atoms with Gasteiger partial charge in [0.1, 0.15) is 6.07 Å². The molecule has 2 aromatic rings. The summed E-state index contributed by atoms with van der Waals surface area (Å²) in [6.07, 6.45) is 1.72. The maximum Gasteiger partial charge on any atom is 0.212 e. The molecule has 0 bridgehead atoms. The average Bonchev–Trinajstić information content (AvgIpc) is 2.61. The molecule has 2 rings (SSSR count). The molecule has 0 N–H and O–H groups in total. The van der Waals surface area contributed by atoms with Crippen LogP contribution < -0.4 is 0 Å². The first-order valence-corrected chi connectivity index (χ1v) is 4.30. The van der Waals surface area contributed by atoms with E-state index in [0.29, 0.717) is 5.82 Å². The summed E-state index contributed by atoms with van der Waals surface area (Å²) in [5, 5.41) is 8.75. The van der Waals surface area contributed by atoms with Crippen LogP contribution in [0.15, 0.2) is 36.5 Å². The van der Waals surface area contributed by atoms with Crippen molar-refractivity contribution in [3.63, 3.8) is 0 Å². The summed E-state index contributed by atoms with van der Waals surface area (Å²) >= 11 is 0. The summed E-state index contributed by atoms with van der Waals surface area (Å²) in [6.45, 7) is 0. The van der Waals surface area contributed by atoms with Gasteiger partial charge in [-0.15, -0.1) is 0 Å². The minimum atomic E-state index is 0.434. The maximum atomic E-state index is 8.75. The Morgan fingerprint density at radius 3 is 2.57 bits per heavy atom.